The van der Waals surface area contributed by atoms with Crippen molar-refractivity contribution >= 4 is 5.91 Å². The summed E-state index contributed by atoms with van der Waals surface area (Å²) in [5, 5.41) is 8.37. The molecular weight excluding hydrogens is 342 g/mol. The normalized spacial score (nSPS) is 17.3. The van der Waals surface area contributed by atoms with Crippen molar-refractivity contribution in [2.75, 3.05) is 6.54 Å². The van der Waals surface area contributed by atoms with E-state index in [1.54, 1.807) is 6.92 Å². The lowest BCUT2D eigenvalue weighted by atomic mass is 10.0. The highest BCUT2D eigenvalue weighted by Gasteiger charge is 2.32. The van der Waals surface area contributed by atoms with Crippen LogP contribution in [0.5, 0.6) is 0 Å². The Labute approximate surface area is 158 Å². The summed E-state index contributed by atoms with van der Waals surface area (Å²) in [6, 6.07) is 9.47. The van der Waals surface area contributed by atoms with Crippen molar-refractivity contribution in [1.29, 1.82) is 0 Å². The number of aryl methyl sites for hydroxylation is 3. The molecule has 1 saturated heterocycles. The first-order chi connectivity index (χ1) is 13.0. The van der Waals surface area contributed by atoms with Crippen molar-refractivity contribution < 1.29 is 9.32 Å². The standard InChI is InChI=1S/C20H23N5O2/c1-13-12-14(2)25(22-13)17-9-7-16(8-10-17)20(26)24-11-5-4-6-18(24)19-21-15(3)23-27-19/h7-10,12,18H,4-6,11H2,1-3H3/t18-/m0/s1. The topological polar surface area (TPSA) is 77.0 Å². The predicted molar refractivity (Wildman–Crippen MR) is 99.7 cm³/mol. The zero-order valence-corrected chi connectivity index (χ0v) is 15.8. The molecule has 0 unspecified atom stereocenters. The first-order valence-electron chi connectivity index (χ1n) is 9.28. The second-order valence-electron chi connectivity index (χ2n) is 7.08. The van der Waals surface area contributed by atoms with E-state index in [-0.39, 0.29) is 11.9 Å². The smallest absolute Gasteiger partial charge is 0.254 e. The summed E-state index contributed by atoms with van der Waals surface area (Å²) in [6.07, 6.45) is 2.88. The summed E-state index contributed by atoms with van der Waals surface area (Å²) in [6.45, 7) is 6.48. The van der Waals surface area contributed by atoms with E-state index < -0.39 is 0 Å². The van der Waals surface area contributed by atoms with Crippen molar-refractivity contribution in [2.24, 2.45) is 0 Å². The van der Waals surface area contributed by atoms with Crippen LogP contribution in [-0.2, 0) is 0 Å². The summed E-state index contributed by atoms with van der Waals surface area (Å²) < 4.78 is 7.23. The van der Waals surface area contributed by atoms with Gasteiger partial charge in [0.1, 0.15) is 6.04 Å². The zero-order chi connectivity index (χ0) is 19.0. The van der Waals surface area contributed by atoms with Crippen molar-refractivity contribution in [3.63, 3.8) is 0 Å². The van der Waals surface area contributed by atoms with Crippen molar-refractivity contribution in [3.05, 3.63) is 59.0 Å². The third kappa shape index (κ3) is 3.37. The maximum Gasteiger partial charge on any atom is 0.254 e. The van der Waals surface area contributed by atoms with Gasteiger partial charge in [-0.3, -0.25) is 4.79 Å². The molecule has 1 atom stereocenters. The van der Waals surface area contributed by atoms with Gasteiger partial charge >= 0.3 is 0 Å². The highest BCUT2D eigenvalue weighted by atomic mass is 16.5. The van der Waals surface area contributed by atoms with Crippen LogP contribution in [0.25, 0.3) is 5.69 Å². The fourth-order valence-corrected chi connectivity index (χ4v) is 3.68. The summed E-state index contributed by atoms with van der Waals surface area (Å²) in [7, 11) is 0. The molecule has 1 aliphatic heterocycles. The van der Waals surface area contributed by atoms with Crippen LogP contribution in [0.4, 0.5) is 0 Å². The molecular formula is C20H23N5O2. The molecule has 140 valence electrons. The molecule has 0 N–H and O–H groups in total. The Hall–Kier alpha value is -2.96. The highest BCUT2D eigenvalue weighted by molar-refractivity contribution is 5.94. The quantitative estimate of drug-likeness (QED) is 0.709. The number of carbonyl (C=O) groups excluding carboxylic acids is 1. The maximum absolute atomic E-state index is 13.1. The van der Waals surface area contributed by atoms with Gasteiger partial charge in [-0.1, -0.05) is 5.16 Å². The van der Waals surface area contributed by atoms with Gasteiger partial charge in [0.05, 0.1) is 11.4 Å². The monoisotopic (exact) mass is 365 g/mol. The molecule has 1 aromatic carbocycles. The molecule has 1 amide bonds. The Kier molecular flexibility index (Phi) is 4.51. The van der Waals surface area contributed by atoms with Gasteiger partial charge in [-0.25, -0.2) is 4.68 Å². The molecule has 1 aliphatic rings. The molecule has 0 aliphatic carbocycles. The van der Waals surface area contributed by atoms with Gasteiger partial charge < -0.3 is 9.42 Å². The third-order valence-corrected chi connectivity index (χ3v) is 4.96. The van der Waals surface area contributed by atoms with Gasteiger partial charge in [0.25, 0.3) is 5.91 Å². The Morgan fingerprint density at radius 1 is 1.15 bits per heavy atom. The first kappa shape index (κ1) is 17.5. The number of hydrogen-bond acceptors (Lipinski definition) is 5. The van der Waals surface area contributed by atoms with Crippen LogP contribution >= 0.6 is 0 Å². The number of piperidine rings is 1. The van der Waals surface area contributed by atoms with E-state index >= 15 is 0 Å². The number of likely N-dealkylation sites (tertiary alicyclic amines) is 1. The maximum atomic E-state index is 13.1. The highest BCUT2D eigenvalue weighted by Crippen LogP contribution is 2.31. The van der Waals surface area contributed by atoms with Crippen LogP contribution in [0.15, 0.2) is 34.9 Å². The van der Waals surface area contributed by atoms with Crippen molar-refractivity contribution in [2.45, 2.75) is 46.1 Å². The summed E-state index contributed by atoms with van der Waals surface area (Å²) in [5.41, 5.74) is 3.64. The first-order valence-corrected chi connectivity index (χ1v) is 9.28. The Balaban J connectivity index is 1.58. The van der Waals surface area contributed by atoms with E-state index in [0.29, 0.717) is 23.8 Å². The summed E-state index contributed by atoms with van der Waals surface area (Å²) >= 11 is 0. The molecule has 1 fully saturated rings. The van der Waals surface area contributed by atoms with Crippen LogP contribution in [0.2, 0.25) is 0 Å². The molecule has 2 aromatic heterocycles. The Morgan fingerprint density at radius 2 is 1.93 bits per heavy atom. The van der Waals surface area contributed by atoms with Gasteiger partial charge in [0.15, 0.2) is 5.82 Å². The zero-order valence-electron chi connectivity index (χ0n) is 15.8. The van der Waals surface area contributed by atoms with Crippen LogP contribution in [0.3, 0.4) is 0 Å². The predicted octanol–water partition coefficient (Wildman–Crippen LogP) is 3.55. The number of carbonyl (C=O) groups is 1. The lowest BCUT2D eigenvalue weighted by Crippen LogP contribution is -2.38. The SMILES string of the molecule is Cc1cc(C)n(-c2ccc(C(=O)N3CCCC[C@H]3c3nc(C)no3)cc2)n1. The van der Waals surface area contributed by atoms with Crippen LogP contribution in [0.1, 0.15) is 58.8 Å². The minimum Gasteiger partial charge on any atom is -0.337 e. The van der Waals surface area contributed by atoms with E-state index in [4.69, 9.17) is 4.52 Å². The van der Waals surface area contributed by atoms with E-state index in [1.807, 2.05) is 53.8 Å². The molecule has 0 saturated carbocycles. The van der Waals surface area contributed by atoms with Crippen LogP contribution in [0, 0.1) is 20.8 Å². The van der Waals surface area contributed by atoms with Gasteiger partial charge in [0.2, 0.25) is 5.89 Å². The molecule has 0 radical (unpaired) electrons. The average Bonchev–Trinajstić information content (AvgIpc) is 3.26. The van der Waals surface area contributed by atoms with Crippen molar-refractivity contribution in [3.8, 4) is 5.69 Å². The second-order valence-corrected chi connectivity index (χ2v) is 7.08. The minimum atomic E-state index is -0.150. The summed E-state index contributed by atoms with van der Waals surface area (Å²) in [5.74, 6) is 1.12. The lowest BCUT2D eigenvalue weighted by Gasteiger charge is -2.33. The second kappa shape index (κ2) is 6.98. The van der Waals surface area contributed by atoms with Crippen molar-refractivity contribution in [1.82, 2.24) is 24.8 Å². The lowest BCUT2D eigenvalue weighted by molar-refractivity contribution is 0.0561. The van der Waals surface area contributed by atoms with E-state index in [1.165, 1.54) is 0 Å². The molecule has 27 heavy (non-hydrogen) atoms. The molecule has 4 rings (SSSR count). The van der Waals surface area contributed by atoms with Crippen LogP contribution < -0.4 is 0 Å². The van der Waals surface area contributed by atoms with E-state index in [2.05, 4.69) is 15.2 Å². The molecule has 7 nitrogen and oxygen atoms in total. The molecule has 0 bridgehead atoms. The third-order valence-electron chi connectivity index (χ3n) is 4.96. The van der Waals surface area contributed by atoms with Crippen LogP contribution in [-0.4, -0.2) is 37.3 Å². The van der Waals surface area contributed by atoms with E-state index in [9.17, 15) is 4.79 Å². The molecule has 7 heteroatoms. The minimum absolute atomic E-state index is 0.00419. The van der Waals surface area contributed by atoms with E-state index in [0.717, 1.165) is 36.3 Å². The molecule has 0 spiro atoms. The van der Waals surface area contributed by atoms with Gasteiger partial charge in [-0.15, -0.1) is 0 Å². The molecule has 3 aromatic rings. The summed E-state index contributed by atoms with van der Waals surface area (Å²) in [4.78, 5) is 19.3. The number of nitrogens with zero attached hydrogens (tertiary/aromatic N) is 5. The largest absolute Gasteiger partial charge is 0.337 e. The molecule has 3 heterocycles. The fourth-order valence-electron chi connectivity index (χ4n) is 3.68. The van der Waals surface area contributed by atoms with Gasteiger partial charge in [-0.05, 0) is 70.4 Å². The van der Waals surface area contributed by atoms with Gasteiger partial charge in [-0.2, -0.15) is 10.1 Å². The number of amides is 1. The number of hydrogen-bond donors (Lipinski definition) is 0. The Bertz CT molecular complexity index is 957. The number of aromatic nitrogens is 4. The average molecular weight is 365 g/mol. The fraction of sp³-hybridized carbons (Fsp3) is 0.400. The number of benzene rings is 1. The van der Waals surface area contributed by atoms with Gasteiger partial charge in [0, 0.05) is 17.8 Å². The number of rotatable bonds is 3. The Morgan fingerprint density at radius 3 is 2.56 bits per heavy atom.